The molecule has 0 amide bonds. The highest BCUT2D eigenvalue weighted by Crippen LogP contribution is 2.67. The molecule has 0 aromatic carbocycles. The Hall–Kier alpha value is -0.880. The zero-order valence-electron chi connectivity index (χ0n) is 19.4. The van der Waals surface area contributed by atoms with Gasteiger partial charge in [-0.05, 0) is 90.4 Å². The number of hydrazone groups is 1. The third kappa shape index (κ3) is 3.77. The quantitative estimate of drug-likeness (QED) is 0.201. The number of hydrogen-bond donors (Lipinski definition) is 3. The largest absolute Gasteiger partial charge is 0.391 e. The second-order valence-corrected chi connectivity index (χ2v) is 11.4. The monoisotopic (exact) mass is 430 g/mol. The number of hydrogen-bond acceptors (Lipinski definition) is 5. The van der Waals surface area contributed by atoms with Crippen molar-refractivity contribution in [3.8, 4) is 0 Å². The summed E-state index contributed by atoms with van der Waals surface area (Å²) in [6.45, 7) is 4.26. The van der Waals surface area contributed by atoms with Crippen LogP contribution in [0.15, 0.2) is 5.10 Å². The summed E-state index contributed by atoms with van der Waals surface area (Å²) in [4.78, 5) is 12.7. The van der Waals surface area contributed by atoms with Crippen molar-refractivity contribution in [2.75, 3.05) is 6.54 Å². The van der Waals surface area contributed by atoms with Crippen LogP contribution in [-0.2, 0) is 4.79 Å². The van der Waals surface area contributed by atoms with Crippen molar-refractivity contribution in [2.45, 2.75) is 75.3 Å². The number of Topliss-reactive ketones (excluding diaryl/α,β-unsaturated/α-hetero) is 1. The Labute approximate surface area is 197 Å². The van der Waals surface area contributed by atoms with Crippen LogP contribution in [0.4, 0.5) is 0 Å². The molecule has 0 spiro atoms. The molecule has 0 saturated heterocycles. The third-order valence-corrected chi connectivity index (χ3v) is 9.57. The lowest BCUT2D eigenvalue weighted by molar-refractivity contribution is -0.132. The summed E-state index contributed by atoms with van der Waals surface area (Å²) >= 11 is 0. The highest BCUT2D eigenvalue weighted by atomic mass is 16.3. The number of nitrogens with two attached hydrogens (primary N) is 2. The van der Waals surface area contributed by atoms with E-state index < -0.39 is 22.3 Å². The first-order valence-corrected chi connectivity index (χ1v) is 12.0. The number of nitrogens with zero attached hydrogens (tertiary/aromatic N) is 2. The summed E-state index contributed by atoms with van der Waals surface area (Å²) in [5, 5.41) is 13.4. The molecule has 6 nitrogen and oxygen atoms in total. The number of aliphatic hydroxyl groups is 1. The minimum absolute atomic E-state index is 0.0330. The van der Waals surface area contributed by atoms with E-state index in [0.717, 1.165) is 38.5 Å². The van der Waals surface area contributed by atoms with Crippen LogP contribution in [0.25, 0.3) is 0 Å². The summed E-state index contributed by atoms with van der Waals surface area (Å²) < 4.78 is 0. The molecule has 0 aliphatic heterocycles. The summed E-state index contributed by atoms with van der Waals surface area (Å²) in [7, 11) is 25.1. The average molecular weight is 430 g/mol. The van der Waals surface area contributed by atoms with Gasteiger partial charge in [0.15, 0.2) is 0 Å². The zero-order valence-corrected chi connectivity index (χ0v) is 19.4. The first-order valence-electron chi connectivity index (χ1n) is 12.0. The normalized spacial score (nSPS) is 43.6. The maximum Gasteiger partial charge on any atom is 0.118 e. The Kier molecular flexibility index (Phi) is 6.15. The number of aliphatic hydroxyl groups excluding tert-OH is 1. The van der Waals surface area contributed by atoms with E-state index in [1.807, 2.05) is 0 Å². The van der Waals surface area contributed by atoms with Gasteiger partial charge in [-0.3, -0.25) is 0 Å². The Bertz CT molecular complexity index is 790. The summed E-state index contributed by atoms with van der Waals surface area (Å²) in [5.74, 6) is 7.52. The van der Waals surface area contributed by atoms with Crippen molar-refractivity contribution >= 4 is 43.0 Å². The molecule has 8 radical (unpaired) electrons. The number of carbonyl (C=O) groups excluding carboxylic acids is 1. The predicted molar refractivity (Wildman–Crippen MR) is 129 cm³/mol. The maximum atomic E-state index is 12.7. The minimum atomic E-state index is -1.46. The molecule has 4 saturated carbocycles. The van der Waals surface area contributed by atoms with E-state index >= 15 is 0 Å². The molecular formula is C22H34B4N4O2. The van der Waals surface area contributed by atoms with Crippen molar-refractivity contribution < 1.29 is 9.90 Å². The van der Waals surface area contributed by atoms with Crippen LogP contribution in [0, 0.1) is 40.9 Å². The standard InChI is InChI=1S/C22H34B4N4O2/c1-11(27)29-30(28)10-18(31)17-6-5-15-13-3-4-16-14(12(13)7-8-20(15,17)2)9-21(23,24)19(32)22(16,25)26/h12-18,31H,3-10,28H2,1-2H3,(H2,27,29). The Morgan fingerprint density at radius 1 is 1.12 bits per heavy atom. The molecule has 0 aromatic heterocycles. The van der Waals surface area contributed by atoms with Crippen LogP contribution in [0.1, 0.15) is 58.8 Å². The second kappa shape index (κ2) is 8.11. The molecule has 8 atom stereocenters. The first kappa shape index (κ1) is 24.3. The van der Waals surface area contributed by atoms with E-state index in [0.29, 0.717) is 30.0 Å². The second-order valence-electron chi connectivity index (χ2n) is 11.4. The topological polar surface area (TPSA) is 105 Å². The number of carbonyl (C=O) groups is 1. The van der Waals surface area contributed by atoms with Crippen molar-refractivity contribution in [3.63, 3.8) is 0 Å². The van der Waals surface area contributed by atoms with E-state index in [1.165, 1.54) is 5.12 Å². The van der Waals surface area contributed by atoms with Crippen LogP contribution in [0.5, 0.6) is 0 Å². The van der Waals surface area contributed by atoms with Gasteiger partial charge >= 0.3 is 0 Å². The smallest absolute Gasteiger partial charge is 0.118 e. The van der Waals surface area contributed by atoms with Gasteiger partial charge in [0.1, 0.15) is 11.6 Å². The lowest BCUT2D eigenvalue weighted by Crippen LogP contribution is -2.57. The number of hydrazine groups is 1. The van der Waals surface area contributed by atoms with Crippen molar-refractivity contribution in [2.24, 2.45) is 57.6 Å². The predicted octanol–water partition coefficient (Wildman–Crippen LogP) is 0.779. The first-order chi connectivity index (χ1) is 14.8. The van der Waals surface area contributed by atoms with Crippen molar-refractivity contribution in [1.29, 1.82) is 0 Å². The van der Waals surface area contributed by atoms with Crippen LogP contribution in [0.3, 0.4) is 0 Å². The molecule has 0 bridgehead atoms. The SMILES string of the molecule is [B]C1([B])CC2C3CCC4(C)C(C(O)CN(N)/N=C(/C)N)CCC4C3CCC2C([B])([B])C1=O. The van der Waals surface area contributed by atoms with Gasteiger partial charge in [-0.25, -0.2) is 11.0 Å². The lowest BCUT2D eigenvalue weighted by atomic mass is 9.28. The van der Waals surface area contributed by atoms with Gasteiger partial charge in [-0.1, -0.05) is 19.8 Å². The molecule has 0 heterocycles. The number of rotatable bonds is 4. The van der Waals surface area contributed by atoms with Gasteiger partial charge < -0.3 is 15.6 Å². The van der Waals surface area contributed by atoms with Gasteiger partial charge in [0.2, 0.25) is 0 Å². The van der Waals surface area contributed by atoms with Crippen LogP contribution in [-0.4, -0.2) is 65.9 Å². The number of amidine groups is 1. The van der Waals surface area contributed by atoms with Gasteiger partial charge in [-0.15, -0.1) is 5.10 Å². The summed E-state index contributed by atoms with van der Waals surface area (Å²) in [5.41, 5.74) is 5.65. The molecule has 4 fully saturated rings. The fourth-order valence-electron chi connectivity index (χ4n) is 8.32. The zero-order chi connectivity index (χ0) is 23.6. The molecule has 0 aromatic rings. The molecule has 4 rings (SSSR count). The number of fused-ring (bicyclic) bond motifs is 5. The van der Waals surface area contributed by atoms with Crippen LogP contribution in [0.2, 0.25) is 10.4 Å². The van der Waals surface area contributed by atoms with E-state index in [-0.39, 0.29) is 29.7 Å². The van der Waals surface area contributed by atoms with Gasteiger partial charge in [0.05, 0.1) is 44.0 Å². The van der Waals surface area contributed by atoms with Gasteiger partial charge in [0, 0.05) is 0 Å². The van der Waals surface area contributed by atoms with Crippen LogP contribution >= 0.6 is 0 Å². The van der Waals surface area contributed by atoms with E-state index in [9.17, 15) is 9.90 Å². The molecule has 4 aliphatic rings. The Morgan fingerprint density at radius 3 is 2.44 bits per heavy atom. The fourth-order valence-corrected chi connectivity index (χ4v) is 8.32. The molecule has 166 valence electrons. The molecule has 5 N–H and O–H groups in total. The molecular weight excluding hydrogens is 396 g/mol. The molecule has 4 aliphatic carbocycles. The average Bonchev–Trinajstić information content (AvgIpc) is 3.03. The van der Waals surface area contributed by atoms with Crippen molar-refractivity contribution in [1.82, 2.24) is 5.12 Å². The minimum Gasteiger partial charge on any atom is -0.391 e. The van der Waals surface area contributed by atoms with Crippen molar-refractivity contribution in [3.05, 3.63) is 0 Å². The summed E-state index contributed by atoms with van der Waals surface area (Å²) in [6.07, 6.45) is 5.75. The summed E-state index contributed by atoms with van der Waals surface area (Å²) in [6, 6.07) is 0. The third-order valence-electron chi connectivity index (χ3n) is 9.57. The number of ketones is 1. The van der Waals surface area contributed by atoms with E-state index in [1.54, 1.807) is 6.92 Å². The van der Waals surface area contributed by atoms with Gasteiger partial charge in [0.25, 0.3) is 0 Å². The van der Waals surface area contributed by atoms with Gasteiger partial charge in [-0.2, -0.15) is 0 Å². The Morgan fingerprint density at radius 2 is 1.78 bits per heavy atom. The lowest BCUT2D eigenvalue weighted by Gasteiger charge is -2.61. The highest BCUT2D eigenvalue weighted by molar-refractivity contribution is 6.62. The highest BCUT2D eigenvalue weighted by Gasteiger charge is 2.61. The van der Waals surface area contributed by atoms with Crippen LogP contribution < -0.4 is 11.6 Å². The Balaban J connectivity index is 1.53. The van der Waals surface area contributed by atoms with E-state index in [2.05, 4.69) is 12.0 Å². The maximum absolute atomic E-state index is 12.7. The molecule has 32 heavy (non-hydrogen) atoms. The fraction of sp³-hybridized carbons (Fsp3) is 0.909. The molecule has 10 heteroatoms. The van der Waals surface area contributed by atoms with E-state index in [4.69, 9.17) is 43.0 Å². The molecule has 8 unspecified atom stereocenters.